The summed E-state index contributed by atoms with van der Waals surface area (Å²) in [5.74, 6) is 1.04. The Hall–Kier alpha value is -2.24. The number of ether oxygens (including phenoxy) is 2. The number of nitrogens with one attached hydrogen (secondary N) is 1. The Morgan fingerprint density at radius 1 is 1.12 bits per heavy atom. The van der Waals surface area contributed by atoms with Crippen LogP contribution in [0.25, 0.3) is 0 Å². The van der Waals surface area contributed by atoms with E-state index < -0.39 is 5.41 Å². The number of carbonyl (C=O) groups excluding carboxylic acids is 2. The molecule has 0 aromatic heterocycles. The summed E-state index contributed by atoms with van der Waals surface area (Å²) in [5.41, 5.74) is 1.13. The normalized spacial score (nSPS) is 16.9. The van der Waals surface area contributed by atoms with Crippen LogP contribution in [0, 0.1) is 5.41 Å². The van der Waals surface area contributed by atoms with Gasteiger partial charge < -0.3 is 19.7 Å². The van der Waals surface area contributed by atoms with Gasteiger partial charge in [0.25, 0.3) is 0 Å². The lowest BCUT2D eigenvalue weighted by molar-refractivity contribution is -0.149. The molecule has 0 unspecified atom stereocenters. The number of amides is 2. The third-order valence-corrected chi connectivity index (χ3v) is 5.02. The van der Waals surface area contributed by atoms with Gasteiger partial charge in [0.2, 0.25) is 11.8 Å². The minimum atomic E-state index is -1.06. The van der Waals surface area contributed by atoms with Gasteiger partial charge in [0.15, 0.2) is 11.5 Å². The molecule has 1 saturated carbocycles. The molecular weight excluding hydrogens is 320 g/mol. The van der Waals surface area contributed by atoms with E-state index in [1.807, 2.05) is 12.1 Å². The Morgan fingerprint density at radius 2 is 1.72 bits per heavy atom. The summed E-state index contributed by atoms with van der Waals surface area (Å²) in [7, 11) is 3.21. The van der Waals surface area contributed by atoms with E-state index in [1.165, 1.54) is 0 Å². The molecule has 1 aliphatic heterocycles. The average molecular weight is 346 g/mol. The van der Waals surface area contributed by atoms with Gasteiger partial charge in [-0.05, 0) is 56.4 Å². The topological polar surface area (TPSA) is 67.9 Å². The summed E-state index contributed by atoms with van der Waals surface area (Å²) in [6.45, 7) is 4.49. The summed E-state index contributed by atoms with van der Waals surface area (Å²) < 4.78 is 10.7. The molecule has 2 amide bonds. The molecule has 0 atom stereocenters. The number of hydrogen-bond acceptors (Lipinski definition) is 4. The lowest BCUT2D eigenvalue weighted by Gasteiger charge is -2.35. The molecule has 1 aromatic rings. The molecule has 2 aliphatic rings. The number of nitrogens with zero attached hydrogens (tertiary/aromatic N) is 1. The molecule has 25 heavy (non-hydrogen) atoms. The molecule has 136 valence electrons. The van der Waals surface area contributed by atoms with Crippen molar-refractivity contribution in [3.63, 3.8) is 0 Å². The number of benzene rings is 1. The fourth-order valence-corrected chi connectivity index (χ4v) is 3.14. The van der Waals surface area contributed by atoms with Gasteiger partial charge in [0.1, 0.15) is 5.41 Å². The van der Waals surface area contributed by atoms with E-state index in [0.717, 1.165) is 30.4 Å². The Bertz CT molecular complexity index is 695. The maximum atomic E-state index is 13.0. The Morgan fingerprint density at radius 3 is 2.28 bits per heavy atom. The third kappa shape index (κ3) is 3.43. The highest BCUT2D eigenvalue weighted by Gasteiger charge is 2.41. The van der Waals surface area contributed by atoms with Crippen LogP contribution < -0.4 is 14.8 Å². The molecule has 1 fully saturated rings. The van der Waals surface area contributed by atoms with Gasteiger partial charge >= 0.3 is 0 Å². The van der Waals surface area contributed by atoms with Crippen molar-refractivity contribution < 1.29 is 19.1 Å². The van der Waals surface area contributed by atoms with Crippen LogP contribution in [0.5, 0.6) is 11.5 Å². The van der Waals surface area contributed by atoms with Gasteiger partial charge in [-0.15, -0.1) is 0 Å². The first-order valence-corrected chi connectivity index (χ1v) is 8.71. The lowest BCUT2D eigenvalue weighted by Crippen LogP contribution is -2.51. The van der Waals surface area contributed by atoms with E-state index in [1.54, 1.807) is 33.0 Å². The minimum absolute atomic E-state index is 0.133. The van der Waals surface area contributed by atoms with Gasteiger partial charge in [-0.3, -0.25) is 9.59 Å². The lowest BCUT2D eigenvalue weighted by atomic mass is 9.88. The zero-order chi connectivity index (χ0) is 18.2. The van der Waals surface area contributed by atoms with Crippen molar-refractivity contribution in [2.75, 3.05) is 20.8 Å². The SMILES string of the molecule is COc1cc2c(cc1OC)CN(C(=O)C(C)(C)C(=O)NC1CC1)CC2. The molecule has 1 aliphatic carbocycles. The molecule has 1 N–H and O–H groups in total. The number of methoxy groups -OCH3 is 2. The molecule has 0 bridgehead atoms. The van der Waals surface area contributed by atoms with Crippen molar-refractivity contribution in [1.82, 2.24) is 10.2 Å². The molecule has 3 rings (SSSR count). The van der Waals surface area contributed by atoms with E-state index in [9.17, 15) is 9.59 Å². The molecule has 6 nitrogen and oxygen atoms in total. The highest BCUT2D eigenvalue weighted by Crippen LogP contribution is 2.34. The van der Waals surface area contributed by atoms with Crippen LogP contribution in [0.2, 0.25) is 0 Å². The number of carbonyl (C=O) groups is 2. The van der Waals surface area contributed by atoms with E-state index >= 15 is 0 Å². The summed E-state index contributed by atoms with van der Waals surface area (Å²) in [5, 5.41) is 2.94. The second-order valence-electron chi connectivity index (χ2n) is 7.33. The Labute approximate surface area is 148 Å². The van der Waals surface area contributed by atoms with Crippen LogP contribution >= 0.6 is 0 Å². The van der Waals surface area contributed by atoms with Crippen molar-refractivity contribution >= 4 is 11.8 Å². The number of rotatable bonds is 5. The van der Waals surface area contributed by atoms with Gasteiger partial charge in [0, 0.05) is 19.1 Å². The Balaban J connectivity index is 1.77. The standard InChI is InChI=1S/C19H26N2O4/c1-19(2,17(22)20-14-5-6-14)18(23)21-8-7-12-9-15(24-3)16(25-4)10-13(12)11-21/h9-10,14H,5-8,11H2,1-4H3,(H,20,22). The molecule has 6 heteroatoms. The number of fused-ring (bicyclic) bond motifs is 1. The average Bonchev–Trinajstić information content (AvgIpc) is 3.43. The Kier molecular flexibility index (Phi) is 4.62. The predicted octanol–water partition coefficient (Wildman–Crippen LogP) is 1.89. The van der Waals surface area contributed by atoms with Crippen molar-refractivity contribution in [3.05, 3.63) is 23.3 Å². The van der Waals surface area contributed by atoms with Crippen LogP contribution in [0.4, 0.5) is 0 Å². The zero-order valence-electron chi connectivity index (χ0n) is 15.3. The van der Waals surface area contributed by atoms with Gasteiger partial charge in [-0.2, -0.15) is 0 Å². The highest BCUT2D eigenvalue weighted by molar-refractivity contribution is 6.04. The van der Waals surface area contributed by atoms with Gasteiger partial charge in [-0.1, -0.05) is 0 Å². The van der Waals surface area contributed by atoms with E-state index in [4.69, 9.17) is 9.47 Å². The molecule has 1 heterocycles. The molecular formula is C19H26N2O4. The maximum Gasteiger partial charge on any atom is 0.238 e. The molecule has 0 radical (unpaired) electrons. The summed E-state index contributed by atoms with van der Waals surface area (Å²) >= 11 is 0. The van der Waals surface area contributed by atoms with Crippen molar-refractivity contribution in [1.29, 1.82) is 0 Å². The minimum Gasteiger partial charge on any atom is -0.493 e. The first-order valence-electron chi connectivity index (χ1n) is 8.71. The van der Waals surface area contributed by atoms with E-state index in [-0.39, 0.29) is 17.9 Å². The van der Waals surface area contributed by atoms with Gasteiger partial charge in [-0.25, -0.2) is 0 Å². The van der Waals surface area contributed by atoms with Crippen LogP contribution in [0.1, 0.15) is 37.8 Å². The maximum absolute atomic E-state index is 13.0. The van der Waals surface area contributed by atoms with E-state index in [2.05, 4.69) is 5.32 Å². The zero-order valence-corrected chi connectivity index (χ0v) is 15.3. The number of hydrogen-bond donors (Lipinski definition) is 1. The third-order valence-electron chi connectivity index (χ3n) is 5.02. The molecule has 0 spiro atoms. The largest absolute Gasteiger partial charge is 0.493 e. The first kappa shape index (κ1) is 17.6. The van der Waals surface area contributed by atoms with Crippen LogP contribution in [0.3, 0.4) is 0 Å². The van der Waals surface area contributed by atoms with Crippen molar-refractivity contribution in [3.8, 4) is 11.5 Å². The van der Waals surface area contributed by atoms with Crippen LogP contribution in [-0.2, 0) is 22.6 Å². The summed E-state index contributed by atoms with van der Waals surface area (Å²) in [6.07, 6.45) is 2.76. The fourth-order valence-electron chi connectivity index (χ4n) is 3.14. The van der Waals surface area contributed by atoms with E-state index in [0.29, 0.717) is 24.6 Å². The second-order valence-corrected chi connectivity index (χ2v) is 7.33. The van der Waals surface area contributed by atoms with Gasteiger partial charge in [0.05, 0.1) is 14.2 Å². The van der Waals surface area contributed by atoms with Crippen molar-refractivity contribution in [2.24, 2.45) is 5.41 Å². The predicted molar refractivity (Wildman–Crippen MR) is 93.6 cm³/mol. The molecule has 0 saturated heterocycles. The monoisotopic (exact) mass is 346 g/mol. The first-order chi connectivity index (χ1) is 11.9. The summed E-state index contributed by atoms with van der Waals surface area (Å²) in [6, 6.07) is 4.14. The molecule has 1 aromatic carbocycles. The van der Waals surface area contributed by atoms with Crippen LogP contribution in [0.15, 0.2) is 12.1 Å². The van der Waals surface area contributed by atoms with Crippen LogP contribution in [-0.4, -0.2) is 43.5 Å². The highest BCUT2D eigenvalue weighted by atomic mass is 16.5. The quantitative estimate of drug-likeness (QED) is 0.827. The second kappa shape index (κ2) is 6.58. The fraction of sp³-hybridized carbons (Fsp3) is 0.579. The van der Waals surface area contributed by atoms with Crippen molar-refractivity contribution in [2.45, 2.75) is 45.7 Å². The summed E-state index contributed by atoms with van der Waals surface area (Å²) in [4.78, 5) is 27.2. The smallest absolute Gasteiger partial charge is 0.238 e.